The van der Waals surface area contributed by atoms with Crippen molar-refractivity contribution in [1.82, 2.24) is 15.2 Å². The third-order valence-corrected chi connectivity index (χ3v) is 6.43. The lowest BCUT2D eigenvalue weighted by Crippen LogP contribution is -2.39. The van der Waals surface area contributed by atoms with E-state index in [0.29, 0.717) is 25.9 Å². The SMILES string of the molecule is CCC(=O)[O-].CCCCCCCCCC(=O)NCCn1cc[n+](CCNC(=O)CCCCCCCCC)c1. The van der Waals surface area contributed by atoms with Crippen LogP contribution in [0, 0.1) is 0 Å². The maximum atomic E-state index is 12.0. The molecular formula is C30H56N4O4. The zero-order chi connectivity index (χ0) is 28.3. The van der Waals surface area contributed by atoms with Gasteiger partial charge in [-0.05, 0) is 19.3 Å². The Balaban J connectivity index is 0.00000249. The molecule has 1 aromatic rings. The van der Waals surface area contributed by atoms with E-state index in [1.54, 1.807) is 0 Å². The predicted octanol–water partition coefficient (Wildman–Crippen LogP) is 4.44. The molecule has 0 radical (unpaired) electrons. The van der Waals surface area contributed by atoms with Crippen LogP contribution in [0.3, 0.4) is 0 Å². The molecule has 0 aliphatic carbocycles. The Morgan fingerprint density at radius 2 is 1.16 bits per heavy atom. The third kappa shape index (κ3) is 24.0. The highest BCUT2D eigenvalue weighted by atomic mass is 16.4. The Hall–Kier alpha value is -2.38. The molecule has 0 aromatic carbocycles. The normalized spacial score (nSPS) is 10.5. The molecule has 0 saturated carbocycles. The minimum atomic E-state index is -0.995. The second-order valence-corrected chi connectivity index (χ2v) is 10.1. The summed E-state index contributed by atoms with van der Waals surface area (Å²) in [5, 5.41) is 15.3. The van der Waals surface area contributed by atoms with Crippen LogP contribution < -0.4 is 20.3 Å². The fourth-order valence-corrected chi connectivity index (χ4v) is 4.01. The van der Waals surface area contributed by atoms with Crippen molar-refractivity contribution in [1.29, 1.82) is 0 Å². The van der Waals surface area contributed by atoms with Gasteiger partial charge in [0.1, 0.15) is 25.5 Å². The Morgan fingerprint density at radius 3 is 1.63 bits per heavy atom. The summed E-state index contributed by atoms with van der Waals surface area (Å²) >= 11 is 0. The van der Waals surface area contributed by atoms with Crippen molar-refractivity contribution in [2.45, 2.75) is 143 Å². The summed E-state index contributed by atoms with van der Waals surface area (Å²) in [6.07, 6.45) is 24.7. The number of aliphatic carboxylic acids is 1. The number of carbonyl (C=O) groups is 3. The second kappa shape index (κ2) is 26.2. The summed E-state index contributed by atoms with van der Waals surface area (Å²) < 4.78 is 4.16. The second-order valence-electron chi connectivity index (χ2n) is 10.1. The van der Waals surface area contributed by atoms with E-state index in [1.165, 1.54) is 71.1 Å². The van der Waals surface area contributed by atoms with Gasteiger partial charge in [-0.1, -0.05) is 97.8 Å². The first-order valence-electron chi connectivity index (χ1n) is 15.2. The van der Waals surface area contributed by atoms with Crippen molar-refractivity contribution < 1.29 is 24.1 Å². The van der Waals surface area contributed by atoms with Crippen LogP contribution in [0.5, 0.6) is 0 Å². The summed E-state index contributed by atoms with van der Waals surface area (Å²) in [6.45, 7) is 8.83. The molecule has 0 atom stereocenters. The van der Waals surface area contributed by atoms with Crippen molar-refractivity contribution in [3.05, 3.63) is 18.7 Å². The van der Waals surface area contributed by atoms with Crippen molar-refractivity contribution in [2.75, 3.05) is 13.1 Å². The number of nitrogens with one attached hydrogen (secondary N) is 2. The molecule has 8 heteroatoms. The molecule has 0 aliphatic heterocycles. The maximum Gasteiger partial charge on any atom is 0.243 e. The van der Waals surface area contributed by atoms with E-state index in [-0.39, 0.29) is 18.2 Å². The number of unbranched alkanes of at least 4 members (excludes halogenated alkanes) is 12. The fourth-order valence-electron chi connectivity index (χ4n) is 4.01. The minimum Gasteiger partial charge on any atom is -0.550 e. The monoisotopic (exact) mass is 536 g/mol. The van der Waals surface area contributed by atoms with Crippen molar-refractivity contribution in [2.24, 2.45) is 0 Å². The zero-order valence-corrected chi connectivity index (χ0v) is 24.6. The molecule has 1 aromatic heterocycles. The van der Waals surface area contributed by atoms with Crippen LogP contribution in [0.2, 0.25) is 0 Å². The molecule has 2 amide bonds. The van der Waals surface area contributed by atoms with Crippen LogP contribution in [0.15, 0.2) is 18.7 Å². The van der Waals surface area contributed by atoms with Crippen molar-refractivity contribution in [3.8, 4) is 0 Å². The smallest absolute Gasteiger partial charge is 0.243 e. The molecule has 0 spiro atoms. The molecule has 1 heterocycles. The van der Waals surface area contributed by atoms with Crippen LogP contribution in [0.1, 0.15) is 130 Å². The first-order chi connectivity index (χ1) is 18.4. The summed E-state index contributed by atoms with van der Waals surface area (Å²) in [6, 6.07) is 0. The standard InChI is InChI=1S/C27H50N4O2.C3H6O2/c1-3-5-7-9-11-13-15-17-26(32)28-19-21-30-23-24-31(25-30)22-20-29-27(33)18-16-14-12-10-8-6-4-2;1-2-3(4)5/h23-25H,3-22H2,1-2H3,(H-,28,29,32,33);2H2,1H3,(H,4,5). The number of imidazole rings is 1. The quantitative estimate of drug-likeness (QED) is 0.159. The molecule has 0 aliphatic rings. The summed E-state index contributed by atoms with van der Waals surface area (Å²) in [5.41, 5.74) is 0. The molecule has 1 rings (SSSR count). The zero-order valence-electron chi connectivity index (χ0n) is 24.6. The van der Waals surface area contributed by atoms with E-state index < -0.39 is 5.97 Å². The van der Waals surface area contributed by atoms with Crippen molar-refractivity contribution in [3.63, 3.8) is 0 Å². The number of hydrogen-bond acceptors (Lipinski definition) is 4. The highest BCUT2D eigenvalue weighted by Gasteiger charge is 2.07. The number of carboxylic acid groups (broad SMARTS) is 1. The van der Waals surface area contributed by atoms with Gasteiger partial charge in [-0.2, -0.15) is 0 Å². The van der Waals surface area contributed by atoms with E-state index >= 15 is 0 Å². The number of carboxylic acids is 1. The minimum absolute atomic E-state index is 0.111. The van der Waals surface area contributed by atoms with Crippen LogP contribution in [0.25, 0.3) is 0 Å². The molecule has 8 nitrogen and oxygen atoms in total. The summed E-state index contributed by atoms with van der Waals surface area (Å²) in [5.74, 6) is -0.676. The van der Waals surface area contributed by atoms with Crippen LogP contribution >= 0.6 is 0 Å². The number of rotatable bonds is 23. The van der Waals surface area contributed by atoms with E-state index in [1.807, 2.05) is 18.7 Å². The largest absolute Gasteiger partial charge is 0.550 e. The van der Waals surface area contributed by atoms with Gasteiger partial charge in [-0.3, -0.25) is 9.59 Å². The van der Waals surface area contributed by atoms with Gasteiger partial charge >= 0.3 is 0 Å². The van der Waals surface area contributed by atoms with E-state index in [4.69, 9.17) is 0 Å². The Labute approximate surface area is 232 Å². The Kier molecular flexibility index (Phi) is 24.6. The number of aromatic nitrogens is 2. The first-order valence-corrected chi connectivity index (χ1v) is 15.2. The van der Waals surface area contributed by atoms with Crippen LogP contribution in [-0.2, 0) is 27.5 Å². The van der Waals surface area contributed by atoms with Gasteiger partial charge in [0.2, 0.25) is 18.1 Å². The third-order valence-electron chi connectivity index (χ3n) is 6.43. The lowest BCUT2D eigenvalue weighted by atomic mass is 10.1. The first kappa shape index (κ1) is 35.6. The van der Waals surface area contributed by atoms with E-state index in [0.717, 1.165) is 38.8 Å². The number of nitrogens with zero attached hydrogens (tertiary/aromatic N) is 2. The summed E-state index contributed by atoms with van der Waals surface area (Å²) in [4.78, 5) is 33.2. The van der Waals surface area contributed by atoms with Crippen molar-refractivity contribution >= 4 is 17.8 Å². The van der Waals surface area contributed by atoms with E-state index in [2.05, 4.69) is 33.6 Å². The average molecular weight is 537 g/mol. The van der Waals surface area contributed by atoms with Gasteiger partial charge in [0.15, 0.2) is 0 Å². The maximum absolute atomic E-state index is 12.0. The van der Waals surface area contributed by atoms with Gasteiger partial charge in [-0.25, -0.2) is 9.13 Å². The fraction of sp³-hybridized carbons (Fsp3) is 0.800. The lowest BCUT2D eigenvalue weighted by molar-refractivity contribution is -0.694. The van der Waals surface area contributed by atoms with Gasteiger partial charge < -0.3 is 20.5 Å². The Bertz CT molecular complexity index is 670. The van der Waals surface area contributed by atoms with Gasteiger partial charge in [0, 0.05) is 18.8 Å². The predicted molar refractivity (Wildman–Crippen MR) is 151 cm³/mol. The average Bonchev–Trinajstić information content (AvgIpc) is 3.35. The van der Waals surface area contributed by atoms with Gasteiger partial charge in [0.05, 0.1) is 13.1 Å². The highest BCUT2D eigenvalue weighted by Crippen LogP contribution is 2.09. The van der Waals surface area contributed by atoms with Gasteiger partial charge in [0.25, 0.3) is 0 Å². The number of carbonyl (C=O) groups excluding carboxylic acids is 3. The Morgan fingerprint density at radius 1 is 0.711 bits per heavy atom. The molecule has 2 N–H and O–H groups in total. The molecule has 220 valence electrons. The number of amides is 2. The molecule has 0 fully saturated rings. The molecule has 38 heavy (non-hydrogen) atoms. The highest BCUT2D eigenvalue weighted by molar-refractivity contribution is 5.76. The summed E-state index contributed by atoms with van der Waals surface area (Å²) in [7, 11) is 0. The number of hydrogen-bond donors (Lipinski definition) is 2. The molecule has 0 unspecified atom stereocenters. The van der Waals surface area contributed by atoms with Crippen LogP contribution in [-0.4, -0.2) is 35.4 Å². The molecule has 0 bridgehead atoms. The van der Waals surface area contributed by atoms with E-state index in [9.17, 15) is 19.5 Å². The molecule has 0 saturated heterocycles. The van der Waals surface area contributed by atoms with Gasteiger partial charge in [-0.15, -0.1) is 0 Å². The topological polar surface area (TPSA) is 107 Å². The van der Waals surface area contributed by atoms with Crippen LogP contribution in [0.4, 0.5) is 0 Å². The molecular weight excluding hydrogens is 480 g/mol. The lowest BCUT2D eigenvalue weighted by Gasteiger charge is -2.04.